The molecule has 0 bridgehead atoms. The van der Waals surface area contributed by atoms with Crippen LogP contribution in [0.4, 0.5) is 5.69 Å². The van der Waals surface area contributed by atoms with Gasteiger partial charge < -0.3 is 15.5 Å². The zero-order valence-corrected chi connectivity index (χ0v) is 12.7. The molecule has 0 aromatic heterocycles. The van der Waals surface area contributed by atoms with Crippen LogP contribution in [-0.4, -0.2) is 24.9 Å². The number of aromatic hydroxyl groups is 2. The molecule has 0 spiro atoms. The third kappa shape index (κ3) is 3.80. The van der Waals surface area contributed by atoms with E-state index in [0.29, 0.717) is 16.3 Å². The Morgan fingerprint density at radius 3 is 2.48 bits per heavy atom. The van der Waals surface area contributed by atoms with Crippen LogP contribution in [0.15, 0.2) is 41.3 Å². The van der Waals surface area contributed by atoms with Crippen molar-refractivity contribution >= 4 is 27.1 Å². The van der Waals surface area contributed by atoms with E-state index in [9.17, 15) is 18.6 Å². The summed E-state index contributed by atoms with van der Waals surface area (Å²) < 4.78 is 23.0. The molecular formula is C14H14ClNO4S. The molecule has 0 aliphatic heterocycles. The number of anilines is 1. The number of phenolic OH excluding ortho intramolecular Hbond substituents is 2. The lowest BCUT2D eigenvalue weighted by Gasteiger charge is -2.11. The second-order valence-electron chi connectivity index (χ2n) is 4.58. The summed E-state index contributed by atoms with van der Waals surface area (Å²) in [6, 6.07) is 8.61. The van der Waals surface area contributed by atoms with Crippen molar-refractivity contribution in [3.05, 3.63) is 47.0 Å². The van der Waals surface area contributed by atoms with Gasteiger partial charge in [-0.05, 0) is 30.3 Å². The van der Waals surface area contributed by atoms with Crippen LogP contribution in [0.5, 0.6) is 11.5 Å². The number of sulfone groups is 1. The van der Waals surface area contributed by atoms with Gasteiger partial charge in [0.25, 0.3) is 0 Å². The highest BCUT2D eigenvalue weighted by Gasteiger charge is 2.11. The zero-order valence-electron chi connectivity index (χ0n) is 11.2. The molecule has 0 aliphatic rings. The number of rotatable bonds is 4. The number of benzene rings is 2. The van der Waals surface area contributed by atoms with E-state index >= 15 is 0 Å². The van der Waals surface area contributed by atoms with E-state index in [1.54, 1.807) is 6.07 Å². The molecule has 0 amide bonds. The SMILES string of the molecule is CS(=O)(=O)c1ccc(Cl)c(NCc2ccc(O)cc2O)c1. The number of hydrogen-bond acceptors (Lipinski definition) is 5. The minimum Gasteiger partial charge on any atom is -0.508 e. The highest BCUT2D eigenvalue weighted by Crippen LogP contribution is 2.28. The molecule has 0 unspecified atom stereocenters. The van der Waals surface area contributed by atoms with Gasteiger partial charge in [-0.2, -0.15) is 0 Å². The highest BCUT2D eigenvalue weighted by molar-refractivity contribution is 7.90. The predicted molar refractivity (Wildman–Crippen MR) is 81.7 cm³/mol. The summed E-state index contributed by atoms with van der Waals surface area (Å²) >= 11 is 6.02. The number of hydrogen-bond donors (Lipinski definition) is 3. The number of halogens is 1. The monoisotopic (exact) mass is 327 g/mol. The van der Waals surface area contributed by atoms with Crippen molar-refractivity contribution in [1.82, 2.24) is 0 Å². The molecule has 0 saturated heterocycles. The molecule has 0 atom stereocenters. The Bertz CT molecular complexity index is 775. The molecule has 7 heteroatoms. The Morgan fingerprint density at radius 1 is 1.14 bits per heavy atom. The van der Waals surface area contributed by atoms with Crippen molar-refractivity contribution in [2.45, 2.75) is 11.4 Å². The van der Waals surface area contributed by atoms with Crippen LogP contribution in [0, 0.1) is 0 Å². The third-order valence-electron chi connectivity index (χ3n) is 2.90. The molecular weight excluding hydrogens is 314 g/mol. The molecule has 112 valence electrons. The highest BCUT2D eigenvalue weighted by atomic mass is 35.5. The summed E-state index contributed by atoms with van der Waals surface area (Å²) in [4.78, 5) is 0.157. The van der Waals surface area contributed by atoms with Crippen molar-refractivity contribution in [2.75, 3.05) is 11.6 Å². The van der Waals surface area contributed by atoms with E-state index in [1.807, 2.05) is 0 Å². The standard InChI is InChI=1S/C14H14ClNO4S/c1-21(19,20)11-4-5-12(15)13(7-11)16-8-9-2-3-10(17)6-14(9)18/h2-7,16-18H,8H2,1H3. The van der Waals surface area contributed by atoms with Gasteiger partial charge in [-0.1, -0.05) is 11.6 Å². The van der Waals surface area contributed by atoms with Crippen molar-refractivity contribution in [3.63, 3.8) is 0 Å². The molecule has 2 aromatic rings. The fraction of sp³-hybridized carbons (Fsp3) is 0.143. The maximum Gasteiger partial charge on any atom is 0.175 e. The molecule has 0 heterocycles. The van der Waals surface area contributed by atoms with Crippen molar-refractivity contribution < 1.29 is 18.6 Å². The third-order valence-corrected chi connectivity index (χ3v) is 4.34. The maximum absolute atomic E-state index is 11.5. The van der Waals surface area contributed by atoms with Gasteiger partial charge in [0.1, 0.15) is 11.5 Å². The Labute approximate surface area is 127 Å². The van der Waals surface area contributed by atoms with Crippen molar-refractivity contribution in [3.8, 4) is 11.5 Å². The smallest absolute Gasteiger partial charge is 0.175 e. The van der Waals surface area contributed by atoms with Crippen molar-refractivity contribution in [2.24, 2.45) is 0 Å². The average molecular weight is 328 g/mol. The lowest BCUT2D eigenvalue weighted by Crippen LogP contribution is -2.03. The zero-order chi connectivity index (χ0) is 15.6. The molecule has 5 nitrogen and oxygen atoms in total. The lowest BCUT2D eigenvalue weighted by molar-refractivity contribution is 0.446. The van der Waals surface area contributed by atoms with Crippen LogP contribution in [0.1, 0.15) is 5.56 Å². The van der Waals surface area contributed by atoms with Crippen LogP contribution >= 0.6 is 11.6 Å². The summed E-state index contributed by atoms with van der Waals surface area (Å²) in [5.74, 6) is -0.0914. The van der Waals surface area contributed by atoms with E-state index in [2.05, 4.69) is 5.32 Å². The first kappa shape index (κ1) is 15.5. The van der Waals surface area contributed by atoms with E-state index in [1.165, 1.54) is 30.3 Å². The number of nitrogens with one attached hydrogen (secondary N) is 1. The van der Waals surface area contributed by atoms with Crippen LogP contribution in [0.2, 0.25) is 5.02 Å². The summed E-state index contributed by atoms with van der Waals surface area (Å²) in [6.07, 6.45) is 1.12. The molecule has 0 fully saturated rings. The topological polar surface area (TPSA) is 86.6 Å². The summed E-state index contributed by atoms with van der Waals surface area (Å²) in [5, 5.41) is 22.3. The van der Waals surface area contributed by atoms with Crippen LogP contribution in [0.25, 0.3) is 0 Å². The molecule has 2 rings (SSSR count). The normalized spacial score (nSPS) is 11.3. The van der Waals surface area contributed by atoms with Gasteiger partial charge in [-0.25, -0.2) is 8.42 Å². The van der Waals surface area contributed by atoms with Crippen LogP contribution in [0.3, 0.4) is 0 Å². The first-order valence-corrected chi connectivity index (χ1v) is 8.28. The first-order valence-electron chi connectivity index (χ1n) is 6.02. The van der Waals surface area contributed by atoms with Gasteiger partial charge in [-0.3, -0.25) is 0 Å². The quantitative estimate of drug-likeness (QED) is 0.803. The Kier molecular flexibility index (Phi) is 4.29. The Balaban J connectivity index is 2.23. The van der Waals surface area contributed by atoms with E-state index < -0.39 is 9.84 Å². The summed E-state index contributed by atoms with van der Waals surface area (Å²) in [7, 11) is -3.32. The minimum atomic E-state index is -3.32. The van der Waals surface area contributed by atoms with E-state index in [-0.39, 0.29) is 22.9 Å². The molecule has 0 aliphatic carbocycles. The van der Waals surface area contributed by atoms with E-state index in [4.69, 9.17) is 11.6 Å². The van der Waals surface area contributed by atoms with Gasteiger partial charge in [0.05, 0.1) is 15.6 Å². The van der Waals surface area contributed by atoms with Crippen LogP contribution in [-0.2, 0) is 16.4 Å². The molecule has 0 radical (unpaired) electrons. The summed E-state index contributed by atoms with van der Waals surface area (Å²) in [5.41, 5.74) is 1.00. The Morgan fingerprint density at radius 2 is 1.86 bits per heavy atom. The fourth-order valence-corrected chi connectivity index (χ4v) is 2.59. The maximum atomic E-state index is 11.5. The van der Waals surface area contributed by atoms with E-state index in [0.717, 1.165) is 6.26 Å². The predicted octanol–water partition coefficient (Wildman–Crippen LogP) is 2.77. The van der Waals surface area contributed by atoms with Gasteiger partial charge in [0.15, 0.2) is 9.84 Å². The largest absolute Gasteiger partial charge is 0.508 e. The lowest BCUT2D eigenvalue weighted by atomic mass is 10.2. The van der Waals surface area contributed by atoms with Gasteiger partial charge in [0, 0.05) is 24.4 Å². The average Bonchev–Trinajstić information content (AvgIpc) is 2.38. The van der Waals surface area contributed by atoms with Gasteiger partial charge in [-0.15, -0.1) is 0 Å². The molecule has 2 aromatic carbocycles. The molecule has 0 saturated carbocycles. The van der Waals surface area contributed by atoms with Gasteiger partial charge >= 0.3 is 0 Å². The first-order chi connectivity index (χ1) is 9.77. The second-order valence-corrected chi connectivity index (χ2v) is 7.00. The fourth-order valence-electron chi connectivity index (χ4n) is 1.76. The Hall–Kier alpha value is -1.92. The van der Waals surface area contributed by atoms with Crippen LogP contribution < -0.4 is 5.32 Å². The molecule has 21 heavy (non-hydrogen) atoms. The number of phenols is 2. The molecule has 3 N–H and O–H groups in total. The second kappa shape index (κ2) is 5.83. The summed E-state index contributed by atoms with van der Waals surface area (Å²) in [6.45, 7) is 0.235. The minimum absolute atomic E-state index is 0.0339. The van der Waals surface area contributed by atoms with Crippen molar-refractivity contribution in [1.29, 1.82) is 0 Å². The van der Waals surface area contributed by atoms with Gasteiger partial charge in [0.2, 0.25) is 0 Å².